The largest absolute Gasteiger partial charge is 0.756 e. The van der Waals surface area contributed by atoms with Crippen molar-refractivity contribution in [2.45, 2.75) is 251 Å². The maximum absolute atomic E-state index is 13.5. The molecule has 0 saturated heterocycles. The number of unbranched alkanes of at least 4 members (excludes halogenated alkanes) is 23. The highest BCUT2D eigenvalue weighted by Gasteiger charge is 2.27. The quantitative estimate of drug-likeness (QED) is 0.0212. The number of rotatable bonds is 51. The maximum Gasteiger partial charge on any atom is 0.306 e. The Morgan fingerprint density at radius 1 is 0.507 bits per heavy atom. The summed E-state index contributed by atoms with van der Waals surface area (Å²) in [7, 11) is 1.15. The van der Waals surface area contributed by atoms with Crippen molar-refractivity contribution in [3.05, 3.63) is 85.1 Å². The lowest BCUT2D eigenvalue weighted by molar-refractivity contribution is -0.870. The summed E-state index contributed by atoms with van der Waals surface area (Å²) in [5.74, 6) is -0.585. The number of phosphoric acid groups is 1. The Kier molecular flexibility index (Phi) is 48.7. The second kappa shape index (κ2) is 50.7. The molecule has 0 aliphatic carbocycles. The highest BCUT2D eigenvalue weighted by atomic mass is 31.2. The third kappa shape index (κ3) is 51.9. The van der Waals surface area contributed by atoms with E-state index < -0.39 is 26.6 Å². The molecule has 1 amide bonds. The van der Waals surface area contributed by atoms with Crippen LogP contribution in [-0.4, -0.2) is 69.4 Å². The number of nitrogens with one attached hydrogen (secondary N) is 1. The first-order valence-corrected chi connectivity index (χ1v) is 30.4. The van der Waals surface area contributed by atoms with Gasteiger partial charge in [-0.05, 0) is 102 Å². The molecule has 0 aromatic rings. The normalized spacial score (nSPS) is 14.4. The van der Waals surface area contributed by atoms with Crippen molar-refractivity contribution in [3.8, 4) is 0 Å². The van der Waals surface area contributed by atoms with Crippen molar-refractivity contribution >= 4 is 19.7 Å². The molecule has 0 fully saturated rings. The van der Waals surface area contributed by atoms with E-state index in [2.05, 4.69) is 99.0 Å². The number of likely N-dealkylation sites (N-methyl/N-ethyl adjacent to an activating group) is 1. The summed E-state index contributed by atoms with van der Waals surface area (Å²) < 4.78 is 30.2. The van der Waals surface area contributed by atoms with Crippen LogP contribution in [0.5, 0.6) is 0 Å². The lowest BCUT2D eigenvalue weighted by Gasteiger charge is -2.30. The van der Waals surface area contributed by atoms with Crippen LogP contribution in [0.2, 0.25) is 0 Å². The van der Waals surface area contributed by atoms with E-state index in [1.807, 2.05) is 33.3 Å². The molecule has 410 valence electrons. The number of allylic oxidation sites excluding steroid dienone is 13. The fraction of sp³-hybridized carbons (Fsp3) is 0.738. The Bertz CT molecular complexity index is 1490. The van der Waals surface area contributed by atoms with Gasteiger partial charge in [-0.2, -0.15) is 0 Å². The van der Waals surface area contributed by atoms with Crippen molar-refractivity contribution in [2.24, 2.45) is 0 Å². The first-order chi connectivity index (χ1) is 34.4. The number of quaternary nitrogens is 1. The van der Waals surface area contributed by atoms with Crippen molar-refractivity contribution in [1.82, 2.24) is 5.32 Å². The molecular weight excluding hydrogens is 904 g/mol. The molecule has 0 aliphatic heterocycles. The van der Waals surface area contributed by atoms with Gasteiger partial charge in [-0.15, -0.1) is 0 Å². The summed E-state index contributed by atoms with van der Waals surface area (Å²) in [6.45, 7) is 6.66. The Morgan fingerprint density at radius 3 is 1.38 bits per heavy atom. The van der Waals surface area contributed by atoms with Gasteiger partial charge in [-0.3, -0.25) is 14.2 Å². The van der Waals surface area contributed by atoms with Crippen molar-refractivity contribution in [3.63, 3.8) is 0 Å². The third-order valence-corrected chi connectivity index (χ3v) is 13.3. The fourth-order valence-electron chi connectivity index (χ4n) is 7.84. The second-order valence-electron chi connectivity index (χ2n) is 20.4. The lowest BCUT2D eigenvalue weighted by atomic mass is 10.0. The second-order valence-corrected chi connectivity index (χ2v) is 21.8. The molecule has 3 unspecified atom stereocenters. The zero-order valence-corrected chi connectivity index (χ0v) is 47.5. The number of phosphoric ester groups is 1. The van der Waals surface area contributed by atoms with Crippen LogP contribution in [0.15, 0.2) is 85.1 Å². The van der Waals surface area contributed by atoms with Gasteiger partial charge in [0, 0.05) is 12.8 Å². The van der Waals surface area contributed by atoms with E-state index in [9.17, 15) is 19.0 Å². The molecule has 0 heterocycles. The van der Waals surface area contributed by atoms with Gasteiger partial charge >= 0.3 is 5.97 Å². The Balaban J connectivity index is 5.41. The number of carbonyl (C=O) groups is 2. The summed E-state index contributed by atoms with van der Waals surface area (Å²) in [6.07, 6.45) is 65.4. The maximum atomic E-state index is 13.5. The summed E-state index contributed by atoms with van der Waals surface area (Å²) in [5.41, 5.74) is 0. The van der Waals surface area contributed by atoms with Gasteiger partial charge in [0.25, 0.3) is 7.82 Å². The highest BCUT2D eigenvalue weighted by molar-refractivity contribution is 7.45. The monoisotopic (exact) mass is 1010 g/mol. The molecule has 0 radical (unpaired) electrons. The zero-order valence-electron chi connectivity index (χ0n) is 46.7. The minimum Gasteiger partial charge on any atom is -0.756 e. The predicted octanol–water partition coefficient (Wildman–Crippen LogP) is 16.8. The Morgan fingerprint density at radius 2 is 0.901 bits per heavy atom. The zero-order chi connectivity index (χ0) is 52.2. The number of esters is 1. The molecule has 0 saturated carbocycles. The van der Waals surface area contributed by atoms with Gasteiger partial charge in [0.15, 0.2) is 0 Å². The van der Waals surface area contributed by atoms with E-state index in [0.717, 1.165) is 122 Å². The minimum absolute atomic E-state index is 0.0325. The average molecular weight is 1010 g/mol. The van der Waals surface area contributed by atoms with Crippen LogP contribution in [0.3, 0.4) is 0 Å². The van der Waals surface area contributed by atoms with E-state index in [1.165, 1.54) is 77.0 Å². The molecule has 0 aromatic carbocycles. The molecule has 10 heteroatoms. The van der Waals surface area contributed by atoms with E-state index in [1.54, 1.807) is 0 Å². The van der Waals surface area contributed by atoms with Crippen molar-refractivity contribution < 1.29 is 37.3 Å². The SMILES string of the molecule is CC/C=C/C/C=C/C/C=C/CCCCCCCCC(=O)NC(COP(=O)([O-])OCC[N+](C)(C)C)C(/C=C/CCCCCCCCCCCC)OC(=O)CCCCCC/C=C\C/C=C\C/C=C\CCCCC. The highest BCUT2D eigenvalue weighted by Crippen LogP contribution is 2.38. The summed E-state index contributed by atoms with van der Waals surface area (Å²) in [6, 6.07) is -0.908. The number of hydrogen-bond acceptors (Lipinski definition) is 7. The molecule has 71 heavy (non-hydrogen) atoms. The number of nitrogens with zero attached hydrogens (tertiary/aromatic N) is 1. The van der Waals surface area contributed by atoms with Gasteiger partial charge in [-0.25, -0.2) is 0 Å². The number of carbonyl (C=O) groups excluding carboxylic acids is 2. The average Bonchev–Trinajstić information content (AvgIpc) is 3.33. The number of ether oxygens (including phenoxy) is 1. The fourth-order valence-corrected chi connectivity index (χ4v) is 8.56. The molecule has 0 aliphatic rings. The van der Waals surface area contributed by atoms with Gasteiger partial charge < -0.3 is 28.5 Å². The standard InChI is InChI=1S/C61H109N2O7P/c1-7-10-13-16-19-22-25-28-30-32-34-36-39-42-45-48-51-54-61(65)70-59(52-49-46-43-40-37-27-24-21-18-15-12-9-3)58(57-69-71(66,67)68-56-55-63(4,5)6)62-60(64)53-50-47-44-41-38-35-33-31-29-26-23-20-17-14-11-8-2/h11,14,19-20,22-23,28-31,34,36,49,52,58-59H,7-10,12-13,15-18,21,24-27,32-33,35,37-48,50-51,53-57H2,1-6H3,(H-,62,64,66,67)/b14-11+,22-19-,23-20+,30-28-,31-29+,36-34-,52-49+. The predicted molar refractivity (Wildman–Crippen MR) is 302 cm³/mol. The van der Waals surface area contributed by atoms with Crippen molar-refractivity contribution in [1.29, 1.82) is 0 Å². The van der Waals surface area contributed by atoms with Gasteiger partial charge in [0.05, 0.1) is 33.8 Å². The van der Waals surface area contributed by atoms with Crippen LogP contribution in [0, 0.1) is 0 Å². The molecule has 0 rings (SSSR count). The molecule has 0 bridgehead atoms. The molecule has 1 N–H and O–H groups in total. The van der Waals surface area contributed by atoms with Crippen LogP contribution in [0.4, 0.5) is 0 Å². The van der Waals surface area contributed by atoms with Gasteiger partial charge in [0.1, 0.15) is 19.3 Å². The summed E-state index contributed by atoms with van der Waals surface area (Å²) >= 11 is 0. The van der Waals surface area contributed by atoms with E-state index >= 15 is 0 Å². The summed E-state index contributed by atoms with van der Waals surface area (Å²) in [5, 5.41) is 3.01. The number of amides is 1. The van der Waals surface area contributed by atoms with Gasteiger partial charge in [-0.1, -0.05) is 209 Å². The van der Waals surface area contributed by atoms with Crippen molar-refractivity contribution in [2.75, 3.05) is 40.9 Å². The van der Waals surface area contributed by atoms with E-state index in [0.29, 0.717) is 23.9 Å². The first-order valence-electron chi connectivity index (χ1n) is 28.9. The molecule has 0 spiro atoms. The number of hydrogen-bond donors (Lipinski definition) is 1. The van der Waals surface area contributed by atoms with Crippen LogP contribution in [-0.2, 0) is 27.9 Å². The van der Waals surface area contributed by atoms with Crippen LogP contribution < -0.4 is 10.2 Å². The van der Waals surface area contributed by atoms with Crippen LogP contribution >= 0.6 is 7.82 Å². The van der Waals surface area contributed by atoms with Crippen LogP contribution in [0.1, 0.15) is 239 Å². The molecule has 9 nitrogen and oxygen atoms in total. The third-order valence-electron chi connectivity index (χ3n) is 12.3. The van der Waals surface area contributed by atoms with E-state index in [4.69, 9.17) is 13.8 Å². The summed E-state index contributed by atoms with van der Waals surface area (Å²) in [4.78, 5) is 39.9. The molecule has 3 atom stereocenters. The topological polar surface area (TPSA) is 114 Å². The van der Waals surface area contributed by atoms with Gasteiger partial charge in [0.2, 0.25) is 5.91 Å². The van der Waals surface area contributed by atoms with Crippen LogP contribution in [0.25, 0.3) is 0 Å². The Hall–Kier alpha value is -2.81. The molecule has 0 aromatic heterocycles. The Labute approximate surface area is 437 Å². The van der Waals surface area contributed by atoms with E-state index in [-0.39, 0.29) is 24.9 Å². The lowest BCUT2D eigenvalue weighted by Crippen LogP contribution is -2.47. The minimum atomic E-state index is -4.71. The first kappa shape index (κ1) is 68.2. The molecular formula is C61H109N2O7P. The smallest absolute Gasteiger partial charge is 0.306 e.